The van der Waals surface area contributed by atoms with E-state index in [0.717, 1.165) is 25.7 Å². The van der Waals surface area contributed by atoms with Crippen molar-refractivity contribution in [1.82, 2.24) is 0 Å². The molecule has 0 spiro atoms. The minimum atomic E-state index is -0.987. The Kier molecular flexibility index (Phi) is 21.1. The second-order valence-electron chi connectivity index (χ2n) is 6.24. The SMILES string of the molecule is CCCCCCCCCCCCC(O)CCCCC(=O)[O-].[Li+]. The molecule has 0 aliphatic carbocycles. The molecular formula is C18H35LiO3. The predicted molar refractivity (Wildman–Crippen MR) is 85.9 cm³/mol. The van der Waals surface area contributed by atoms with Gasteiger partial charge < -0.3 is 15.0 Å². The van der Waals surface area contributed by atoms with Crippen LogP contribution in [0.25, 0.3) is 0 Å². The van der Waals surface area contributed by atoms with E-state index in [2.05, 4.69) is 6.92 Å². The van der Waals surface area contributed by atoms with Gasteiger partial charge in [0.25, 0.3) is 0 Å². The second kappa shape index (κ2) is 19.1. The molecule has 22 heavy (non-hydrogen) atoms. The minimum Gasteiger partial charge on any atom is -0.550 e. The third kappa shape index (κ3) is 20.0. The van der Waals surface area contributed by atoms with Crippen LogP contribution in [-0.2, 0) is 4.79 Å². The zero-order chi connectivity index (χ0) is 15.8. The van der Waals surface area contributed by atoms with Gasteiger partial charge in [0.15, 0.2) is 0 Å². The zero-order valence-corrected chi connectivity index (χ0v) is 14.9. The Morgan fingerprint density at radius 2 is 1.23 bits per heavy atom. The maximum atomic E-state index is 10.2. The normalized spacial score (nSPS) is 11.9. The van der Waals surface area contributed by atoms with Crippen molar-refractivity contribution in [1.29, 1.82) is 0 Å². The average molecular weight is 306 g/mol. The molecule has 0 amide bonds. The van der Waals surface area contributed by atoms with Gasteiger partial charge in [0.1, 0.15) is 0 Å². The van der Waals surface area contributed by atoms with Crippen LogP contribution in [0.15, 0.2) is 0 Å². The first-order valence-electron chi connectivity index (χ1n) is 9.04. The fraction of sp³-hybridized carbons (Fsp3) is 0.944. The van der Waals surface area contributed by atoms with Gasteiger partial charge in [-0.3, -0.25) is 0 Å². The first-order chi connectivity index (χ1) is 10.2. The molecule has 0 aliphatic rings. The van der Waals surface area contributed by atoms with Crippen LogP contribution in [0, 0.1) is 0 Å². The van der Waals surface area contributed by atoms with Crippen molar-refractivity contribution >= 4 is 5.97 Å². The van der Waals surface area contributed by atoms with Crippen molar-refractivity contribution in [3.8, 4) is 0 Å². The smallest absolute Gasteiger partial charge is 0.550 e. The molecule has 0 rings (SSSR count). The molecule has 0 fully saturated rings. The van der Waals surface area contributed by atoms with E-state index in [1.807, 2.05) is 0 Å². The molecule has 0 saturated heterocycles. The van der Waals surface area contributed by atoms with Gasteiger partial charge in [-0.1, -0.05) is 77.6 Å². The van der Waals surface area contributed by atoms with E-state index in [4.69, 9.17) is 0 Å². The Balaban J connectivity index is 0. The van der Waals surface area contributed by atoms with Crippen LogP contribution in [0.3, 0.4) is 0 Å². The van der Waals surface area contributed by atoms with Crippen molar-refractivity contribution in [2.45, 2.75) is 109 Å². The van der Waals surface area contributed by atoms with E-state index in [9.17, 15) is 15.0 Å². The number of aliphatic carboxylic acids is 1. The molecule has 0 aliphatic heterocycles. The molecule has 0 bridgehead atoms. The van der Waals surface area contributed by atoms with Crippen LogP contribution in [0.5, 0.6) is 0 Å². The van der Waals surface area contributed by atoms with Crippen LogP contribution < -0.4 is 24.0 Å². The van der Waals surface area contributed by atoms with Gasteiger partial charge >= 0.3 is 18.9 Å². The maximum absolute atomic E-state index is 10.2. The first kappa shape index (κ1) is 24.3. The van der Waals surface area contributed by atoms with Crippen LogP contribution in [0.4, 0.5) is 0 Å². The van der Waals surface area contributed by atoms with E-state index >= 15 is 0 Å². The molecule has 0 radical (unpaired) electrons. The Morgan fingerprint density at radius 1 is 0.818 bits per heavy atom. The zero-order valence-electron chi connectivity index (χ0n) is 14.9. The van der Waals surface area contributed by atoms with Crippen molar-refractivity contribution in [3.63, 3.8) is 0 Å². The maximum Gasteiger partial charge on any atom is 1.00 e. The molecule has 1 unspecified atom stereocenters. The van der Waals surface area contributed by atoms with Crippen molar-refractivity contribution < 1.29 is 33.9 Å². The number of unbranched alkanes of at least 4 members (excludes halogenated alkanes) is 10. The van der Waals surface area contributed by atoms with Gasteiger partial charge in [0.05, 0.1) is 6.10 Å². The number of hydrogen-bond donors (Lipinski definition) is 1. The van der Waals surface area contributed by atoms with Gasteiger partial charge in [-0.2, -0.15) is 0 Å². The monoisotopic (exact) mass is 306 g/mol. The van der Waals surface area contributed by atoms with Gasteiger partial charge in [0.2, 0.25) is 0 Å². The molecule has 0 aromatic heterocycles. The summed E-state index contributed by atoms with van der Waals surface area (Å²) in [6.07, 6.45) is 16.0. The Morgan fingerprint density at radius 3 is 1.68 bits per heavy atom. The number of carbonyl (C=O) groups is 1. The standard InChI is InChI=1S/C18H36O3.Li/c1-2-3-4-5-6-7-8-9-10-11-14-17(19)15-12-13-16-18(20)21;/h17,19H,2-16H2,1H3,(H,20,21);/q;+1/p-1. The number of aliphatic hydroxyl groups excluding tert-OH is 1. The Hall–Kier alpha value is 0.0274. The number of hydrogen-bond acceptors (Lipinski definition) is 3. The van der Waals surface area contributed by atoms with Gasteiger partial charge in [-0.05, 0) is 25.7 Å². The summed E-state index contributed by atoms with van der Waals surface area (Å²) in [4.78, 5) is 10.2. The van der Waals surface area contributed by atoms with Crippen LogP contribution in [-0.4, -0.2) is 17.2 Å². The average Bonchev–Trinajstić information content (AvgIpc) is 2.45. The molecular weight excluding hydrogens is 271 g/mol. The largest absolute Gasteiger partial charge is 1.00 e. The summed E-state index contributed by atoms with van der Waals surface area (Å²) in [5.41, 5.74) is 0. The number of carboxylic acid groups (broad SMARTS) is 1. The first-order valence-corrected chi connectivity index (χ1v) is 9.04. The van der Waals surface area contributed by atoms with Crippen LogP contribution >= 0.6 is 0 Å². The molecule has 3 nitrogen and oxygen atoms in total. The molecule has 0 heterocycles. The van der Waals surface area contributed by atoms with E-state index in [1.54, 1.807) is 0 Å². The van der Waals surface area contributed by atoms with Crippen molar-refractivity contribution in [2.24, 2.45) is 0 Å². The fourth-order valence-electron chi connectivity index (χ4n) is 2.66. The minimum absolute atomic E-state index is 0. The second-order valence-corrected chi connectivity index (χ2v) is 6.24. The number of carbonyl (C=O) groups excluding carboxylic acids is 1. The summed E-state index contributed by atoms with van der Waals surface area (Å²) in [5.74, 6) is -0.987. The predicted octanol–water partition coefficient (Wildman–Crippen LogP) is 0.973. The van der Waals surface area contributed by atoms with Crippen LogP contribution in [0.2, 0.25) is 0 Å². The van der Waals surface area contributed by atoms with Gasteiger partial charge in [0, 0.05) is 5.97 Å². The Labute approximate surface area is 149 Å². The van der Waals surface area contributed by atoms with E-state index in [-0.39, 0.29) is 31.4 Å². The molecule has 126 valence electrons. The summed E-state index contributed by atoms with van der Waals surface area (Å²) in [7, 11) is 0. The summed E-state index contributed by atoms with van der Waals surface area (Å²) >= 11 is 0. The van der Waals surface area contributed by atoms with Crippen molar-refractivity contribution in [3.05, 3.63) is 0 Å². The van der Waals surface area contributed by atoms with E-state index in [0.29, 0.717) is 6.42 Å². The number of rotatable bonds is 16. The third-order valence-corrected chi connectivity index (χ3v) is 4.06. The Bertz CT molecular complexity index is 234. The molecule has 0 aromatic rings. The molecule has 1 N–H and O–H groups in total. The van der Waals surface area contributed by atoms with E-state index in [1.165, 1.54) is 57.8 Å². The summed E-state index contributed by atoms with van der Waals surface area (Å²) in [6, 6.07) is 0. The summed E-state index contributed by atoms with van der Waals surface area (Å²) < 4.78 is 0. The molecule has 0 aromatic carbocycles. The number of carboxylic acids is 1. The summed E-state index contributed by atoms with van der Waals surface area (Å²) in [5, 5.41) is 20.0. The number of aliphatic hydroxyl groups is 1. The summed E-state index contributed by atoms with van der Waals surface area (Å²) in [6.45, 7) is 2.25. The third-order valence-electron chi connectivity index (χ3n) is 4.06. The fourth-order valence-corrected chi connectivity index (χ4v) is 2.66. The van der Waals surface area contributed by atoms with Crippen molar-refractivity contribution in [2.75, 3.05) is 0 Å². The quantitative estimate of drug-likeness (QED) is 0.341. The molecule has 4 heteroatoms. The van der Waals surface area contributed by atoms with Gasteiger partial charge in [-0.15, -0.1) is 0 Å². The van der Waals surface area contributed by atoms with Gasteiger partial charge in [-0.25, -0.2) is 0 Å². The van der Waals surface area contributed by atoms with Crippen LogP contribution in [0.1, 0.15) is 103 Å². The molecule has 0 saturated carbocycles. The molecule has 1 atom stereocenters. The topological polar surface area (TPSA) is 60.4 Å². The van der Waals surface area contributed by atoms with E-state index < -0.39 is 5.97 Å².